The highest BCUT2D eigenvalue weighted by Gasteiger charge is 2.22. The number of nitrogens with one attached hydrogen (secondary N) is 1. The first-order valence-corrected chi connectivity index (χ1v) is 8.70. The lowest BCUT2D eigenvalue weighted by Gasteiger charge is -2.18. The van der Waals surface area contributed by atoms with E-state index in [-0.39, 0.29) is 30.9 Å². The van der Waals surface area contributed by atoms with Gasteiger partial charge in [-0.1, -0.05) is 13.0 Å². The molecule has 1 aromatic carbocycles. The molecule has 0 saturated carbocycles. The second kappa shape index (κ2) is 7.11. The lowest BCUT2D eigenvalue weighted by Crippen LogP contribution is -2.30. The van der Waals surface area contributed by atoms with Crippen molar-refractivity contribution in [2.45, 2.75) is 13.0 Å². The highest BCUT2D eigenvalue weighted by Crippen LogP contribution is 2.34. The molecule has 0 spiro atoms. The second-order valence-corrected chi connectivity index (χ2v) is 7.06. The molecule has 0 aliphatic carbocycles. The normalized spacial score (nSPS) is 15.1. The van der Waals surface area contributed by atoms with E-state index in [1.165, 1.54) is 7.11 Å². The number of hydrogen-bond acceptors (Lipinski definition) is 6. The number of benzene rings is 1. The van der Waals surface area contributed by atoms with Crippen molar-refractivity contribution in [1.29, 1.82) is 0 Å². The maximum absolute atomic E-state index is 12.1. The zero-order valence-corrected chi connectivity index (χ0v) is 13.1. The Kier molecular flexibility index (Phi) is 5.44. The molecule has 1 heterocycles. The third-order valence-corrected chi connectivity index (χ3v) is 4.90. The molecule has 0 aromatic heterocycles. The minimum absolute atomic E-state index is 0.0238. The van der Waals surface area contributed by atoms with Crippen molar-refractivity contribution in [3.8, 4) is 11.5 Å². The fourth-order valence-corrected chi connectivity index (χ4v) is 3.60. The van der Waals surface area contributed by atoms with Crippen LogP contribution in [0.5, 0.6) is 11.5 Å². The highest BCUT2D eigenvalue weighted by atomic mass is 32.2. The summed E-state index contributed by atoms with van der Waals surface area (Å²) in [7, 11) is -1.69. The van der Waals surface area contributed by atoms with E-state index in [0.29, 0.717) is 18.0 Å². The van der Waals surface area contributed by atoms with E-state index in [1.807, 2.05) is 25.1 Å². The SMILES string of the molecule is CCNC(CS(=O)(=O)CCOC)c1ccc2c(c1)OCO2. The molecule has 0 fully saturated rings. The molecule has 2 rings (SSSR count). The van der Waals surface area contributed by atoms with Crippen LogP contribution in [0.4, 0.5) is 0 Å². The maximum Gasteiger partial charge on any atom is 0.231 e. The van der Waals surface area contributed by atoms with Gasteiger partial charge in [0.15, 0.2) is 21.3 Å². The van der Waals surface area contributed by atoms with E-state index >= 15 is 0 Å². The van der Waals surface area contributed by atoms with E-state index in [0.717, 1.165) is 5.56 Å². The zero-order chi connectivity index (χ0) is 15.3. The van der Waals surface area contributed by atoms with Crippen LogP contribution in [0, 0.1) is 0 Å². The van der Waals surface area contributed by atoms with Gasteiger partial charge in [0.25, 0.3) is 0 Å². The molecule has 0 bridgehead atoms. The summed E-state index contributed by atoms with van der Waals surface area (Å²) >= 11 is 0. The number of rotatable bonds is 8. The van der Waals surface area contributed by atoms with Crippen molar-refractivity contribution in [3.63, 3.8) is 0 Å². The molecule has 7 heteroatoms. The van der Waals surface area contributed by atoms with Crippen LogP contribution in [0.15, 0.2) is 18.2 Å². The summed E-state index contributed by atoms with van der Waals surface area (Å²) in [5.41, 5.74) is 0.877. The van der Waals surface area contributed by atoms with Gasteiger partial charge in [-0.3, -0.25) is 0 Å². The average Bonchev–Trinajstić information content (AvgIpc) is 2.92. The summed E-state index contributed by atoms with van der Waals surface area (Å²) in [6.45, 7) is 3.04. The van der Waals surface area contributed by atoms with Crippen LogP contribution in [0.25, 0.3) is 0 Å². The molecule has 118 valence electrons. The molecule has 1 aliphatic heterocycles. The van der Waals surface area contributed by atoms with Crippen LogP contribution < -0.4 is 14.8 Å². The first kappa shape index (κ1) is 16.1. The van der Waals surface area contributed by atoms with E-state index < -0.39 is 9.84 Å². The Bertz CT molecular complexity index is 573. The van der Waals surface area contributed by atoms with Gasteiger partial charge in [-0.15, -0.1) is 0 Å². The molecule has 1 aromatic rings. The van der Waals surface area contributed by atoms with E-state index in [2.05, 4.69) is 5.32 Å². The Morgan fingerprint density at radius 2 is 2.10 bits per heavy atom. The number of hydrogen-bond donors (Lipinski definition) is 1. The Labute approximate surface area is 125 Å². The largest absolute Gasteiger partial charge is 0.454 e. The van der Waals surface area contributed by atoms with Crippen molar-refractivity contribution >= 4 is 9.84 Å². The van der Waals surface area contributed by atoms with Gasteiger partial charge in [0, 0.05) is 13.2 Å². The Morgan fingerprint density at radius 1 is 1.33 bits per heavy atom. The molecule has 1 aliphatic rings. The molecule has 0 radical (unpaired) electrons. The van der Waals surface area contributed by atoms with Crippen molar-refractivity contribution in [1.82, 2.24) is 5.32 Å². The fourth-order valence-electron chi connectivity index (χ4n) is 2.20. The molecule has 0 saturated heterocycles. The molecule has 6 nitrogen and oxygen atoms in total. The van der Waals surface area contributed by atoms with E-state index in [4.69, 9.17) is 14.2 Å². The van der Waals surface area contributed by atoms with Gasteiger partial charge in [0.05, 0.1) is 18.1 Å². The lowest BCUT2D eigenvalue weighted by molar-refractivity contribution is 0.174. The fraction of sp³-hybridized carbons (Fsp3) is 0.571. The molecule has 0 amide bonds. The van der Waals surface area contributed by atoms with Crippen molar-refractivity contribution in [3.05, 3.63) is 23.8 Å². The Morgan fingerprint density at radius 3 is 2.81 bits per heavy atom. The van der Waals surface area contributed by atoms with E-state index in [1.54, 1.807) is 0 Å². The van der Waals surface area contributed by atoms with Gasteiger partial charge in [0.2, 0.25) is 6.79 Å². The summed E-state index contributed by atoms with van der Waals surface area (Å²) in [5, 5.41) is 3.21. The van der Waals surface area contributed by atoms with Crippen LogP contribution >= 0.6 is 0 Å². The summed E-state index contributed by atoms with van der Waals surface area (Å²) in [5.74, 6) is 1.40. The van der Waals surface area contributed by atoms with Crippen LogP contribution in [0.3, 0.4) is 0 Å². The number of methoxy groups -OCH3 is 1. The maximum atomic E-state index is 12.1. The molecule has 21 heavy (non-hydrogen) atoms. The van der Waals surface area contributed by atoms with Crippen LogP contribution in [0.2, 0.25) is 0 Å². The van der Waals surface area contributed by atoms with Gasteiger partial charge >= 0.3 is 0 Å². The predicted octanol–water partition coefficient (Wildman–Crippen LogP) is 1.13. The average molecular weight is 315 g/mol. The van der Waals surface area contributed by atoms with Crippen LogP contribution in [-0.2, 0) is 14.6 Å². The van der Waals surface area contributed by atoms with Crippen molar-refractivity contribution < 1.29 is 22.6 Å². The standard InChI is InChI=1S/C14H21NO5S/c1-3-15-12(9-21(16,17)7-6-18-2)11-4-5-13-14(8-11)20-10-19-13/h4-5,8,12,15H,3,6-7,9-10H2,1-2H3. The van der Waals surface area contributed by atoms with Crippen LogP contribution in [0.1, 0.15) is 18.5 Å². The Hall–Kier alpha value is -1.31. The zero-order valence-electron chi connectivity index (χ0n) is 12.3. The molecule has 1 N–H and O–H groups in total. The first-order valence-electron chi connectivity index (χ1n) is 6.88. The van der Waals surface area contributed by atoms with Crippen LogP contribution in [-0.4, -0.2) is 47.0 Å². The van der Waals surface area contributed by atoms with Gasteiger partial charge < -0.3 is 19.5 Å². The van der Waals surface area contributed by atoms with Gasteiger partial charge in [-0.25, -0.2) is 8.42 Å². The quantitative estimate of drug-likeness (QED) is 0.775. The first-order chi connectivity index (χ1) is 10.1. The molecule has 1 atom stereocenters. The summed E-state index contributed by atoms with van der Waals surface area (Å²) in [4.78, 5) is 0. The minimum Gasteiger partial charge on any atom is -0.454 e. The van der Waals surface area contributed by atoms with Gasteiger partial charge in [-0.05, 0) is 24.2 Å². The van der Waals surface area contributed by atoms with Gasteiger partial charge in [0.1, 0.15) is 0 Å². The third-order valence-electron chi connectivity index (χ3n) is 3.27. The lowest BCUT2D eigenvalue weighted by atomic mass is 10.1. The van der Waals surface area contributed by atoms with Gasteiger partial charge in [-0.2, -0.15) is 0 Å². The van der Waals surface area contributed by atoms with Crippen molar-refractivity contribution in [2.75, 3.05) is 38.6 Å². The summed E-state index contributed by atoms with van der Waals surface area (Å²) < 4.78 is 39.7. The highest BCUT2D eigenvalue weighted by molar-refractivity contribution is 7.91. The van der Waals surface area contributed by atoms with Crippen molar-refractivity contribution in [2.24, 2.45) is 0 Å². The number of ether oxygens (including phenoxy) is 3. The predicted molar refractivity (Wildman–Crippen MR) is 79.5 cm³/mol. The number of sulfone groups is 1. The number of fused-ring (bicyclic) bond motifs is 1. The monoisotopic (exact) mass is 315 g/mol. The third kappa shape index (κ3) is 4.33. The Balaban J connectivity index is 2.15. The molecule has 1 unspecified atom stereocenters. The molecular formula is C14H21NO5S. The summed E-state index contributed by atoms with van der Waals surface area (Å²) in [6.07, 6.45) is 0. The summed E-state index contributed by atoms with van der Waals surface area (Å²) in [6, 6.07) is 5.24. The smallest absolute Gasteiger partial charge is 0.231 e. The van der Waals surface area contributed by atoms with E-state index in [9.17, 15) is 8.42 Å². The molecular weight excluding hydrogens is 294 g/mol. The minimum atomic E-state index is -3.19. The second-order valence-electron chi connectivity index (χ2n) is 4.83. The topological polar surface area (TPSA) is 73.9 Å².